The Hall–Kier alpha value is -4.48. The Morgan fingerprint density at radius 1 is 1.06 bits per heavy atom. The van der Waals surface area contributed by atoms with Gasteiger partial charge in [0.15, 0.2) is 11.5 Å². The maximum Gasteiger partial charge on any atom is 0.266 e. The molecular formula is C26H20ClN2O6-. The van der Waals surface area contributed by atoms with Gasteiger partial charge in [-0.2, -0.15) is 5.26 Å². The summed E-state index contributed by atoms with van der Waals surface area (Å²) in [5.74, 6) is -0.662. The summed E-state index contributed by atoms with van der Waals surface area (Å²) in [6.07, 6.45) is 1.38. The molecule has 3 aromatic rings. The van der Waals surface area contributed by atoms with Crippen molar-refractivity contribution < 1.29 is 28.9 Å². The van der Waals surface area contributed by atoms with E-state index in [1.54, 1.807) is 42.5 Å². The van der Waals surface area contributed by atoms with Gasteiger partial charge < -0.3 is 29.4 Å². The number of aromatic carboxylic acids is 1. The van der Waals surface area contributed by atoms with Crippen LogP contribution in [0.2, 0.25) is 5.02 Å². The van der Waals surface area contributed by atoms with Crippen molar-refractivity contribution in [2.45, 2.75) is 6.61 Å². The number of ether oxygens (including phenoxy) is 3. The van der Waals surface area contributed by atoms with Crippen molar-refractivity contribution in [3.05, 3.63) is 87.9 Å². The number of nitriles is 1. The van der Waals surface area contributed by atoms with Crippen LogP contribution in [-0.4, -0.2) is 26.1 Å². The molecule has 0 aliphatic rings. The monoisotopic (exact) mass is 491 g/mol. The van der Waals surface area contributed by atoms with Crippen molar-refractivity contribution in [3.8, 4) is 23.3 Å². The number of methoxy groups -OCH3 is 2. The first-order chi connectivity index (χ1) is 16.8. The fraction of sp³-hybridized carbons (Fsp3) is 0.115. The number of halogens is 1. The molecule has 1 N–H and O–H groups in total. The number of hydrogen-bond donors (Lipinski definition) is 1. The summed E-state index contributed by atoms with van der Waals surface area (Å²) in [5.41, 5.74) is 1.59. The van der Waals surface area contributed by atoms with E-state index in [4.69, 9.17) is 25.8 Å². The number of carboxylic acid groups (broad SMARTS) is 1. The largest absolute Gasteiger partial charge is 0.545 e. The van der Waals surface area contributed by atoms with Gasteiger partial charge in [-0.15, -0.1) is 0 Å². The van der Waals surface area contributed by atoms with E-state index in [0.717, 1.165) is 0 Å². The Kier molecular flexibility index (Phi) is 8.33. The molecule has 0 bridgehead atoms. The summed E-state index contributed by atoms with van der Waals surface area (Å²) >= 11 is 6.40. The van der Waals surface area contributed by atoms with Crippen LogP contribution >= 0.6 is 11.6 Å². The second-order valence-corrected chi connectivity index (χ2v) is 7.57. The second-order valence-electron chi connectivity index (χ2n) is 7.16. The standard InChI is InChI=1S/C26H21ClN2O6/c1-33-21-9-7-20(8-10-21)29-25(30)19(14-28)11-17-12-22(27)24(23(13-17)34-2)35-15-16-3-5-18(6-4-16)26(31)32/h3-13H,15H2,1-2H3,(H,29,30)(H,31,32)/p-1. The number of hydrogen-bond acceptors (Lipinski definition) is 7. The minimum atomic E-state index is -1.26. The van der Waals surface area contributed by atoms with Crippen molar-refractivity contribution in [2.24, 2.45) is 0 Å². The molecule has 0 heterocycles. The maximum absolute atomic E-state index is 12.6. The zero-order valence-electron chi connectivity index (χ0n) is 18.8. The predicted octanol–water partition coefficient (Wildman–Crippen LogP) is 3.85. The molecule has 3 aromatic carbocycles. The topological polar surface area (TPSA) is 121 Å². The maximum atomic E-state index is 12.6. The smallest absolute Gasteiger partial charge is 0.266 e. The third-order valence-corrected chi connectivity index (χ3v) is 5.13. The Balaban J connectivity index is 1.77. The molecule has 3 rings (SSSR count). The molecule has 1 amide bonds. The zero-order chi connectivity index (χ0) is 25.4. The number of nitrogens with zero attached hydrogens (tertiary/aromatic N) is 1. The van der Waals surface area contributed by atoms with E-state index in [1.165, 1.54) is 38.5 Å². The lowest BCUT2D eigenvalue weighted by atomic mass is 10.1. The lowest BCUT2D eigenvalue weighted by Crippen LogP contribution is -2.22. The number of carboxylic acids is 1. The molecule has 0 aromatic heterocycles. The van der Waals surface area contributed by atoms with E-state index in [9.17, 15) is 20.0 Å². The van der Waals surface area contributed by atoms with Gasteiger partial charge >= 0.3 is 0 Å². The lowest BCUT2D eigenvalue weighted by Gasteiger charge is -2.14. The first-order valence-corrected chi connectivity index (χ1v) is 10.6. The van der Waals surface area contributed by atoms with Gasteiger partial charge in [-0.25, -0.2) is 0 Å². The molecule has 9 heteroatoms. The van der Waals surface area contributed by atoms with Gasteiger partial charge in [-0.3, -0.25) is 4.79 Å². The van der Waals surface area contributed by atoms with Crippen molar-refractivity contribution in [3.63, 3.8) is 0 Å². The van der Waals surface area contributed by atoms with E-state index in [2.05, 4.69) is 5.32 Å². The highest BCUT2D eigenvalue weighted by atomic mass is 35.5. The number of amides is 1. The average Bonchev–Trinajstić information content (AvgIpc) is 2.86. The van der Waals surface area contributed by atoms with Crippen LogP contribution in [-0.2, 0) is 11.4 Å². The Bertz CT molecular complexity index is 1300. The van der Waals surface area contributed by atoms with Crippen LogP contribution < -0.4 is 24.6 Å². The van der Waals surface area contributed by atoms with E-state index in [0.29, 0.717) is 28.3 Å². The first kappa shape index (κ1) is 25.1. The Morgan fingerprint density at radius 3 is 2.31 bits per heavy atom. The van der Waals surface area contributed by atoms with Crippen LogP contribution in [0.3, 0.4) is 0 Å². The van der Waals surface area contributed by atoms with Crippen LogP contribution in [0.4, 0.5) is 5.69 Å². The minimum absolute atomic E-state index is 0.0600. The number of anilines is 1. The molecule has 0 aliphatic carbocycles. The third kappa shape index (κ3) is 6.53. The van der Waals surface area contributed by atoms with Crippen LogP contribution in [0.5, 0.6) is 17.2 Å². The number of carbonyl (C=O) groups excluding carboxylic acids is 2. The summed E-state index contributed by atoms with van der Waals surface area (Å²) in [5, 5.41) is 23.2. The summed E-state index contributed by atoms with van der Waals surface area (Å²) in [7, 11) is 2.97. The Labute approximate surface area is 206 Å². The van der Waals surface area contributed by atoms with Crippen LogP contribution in [0.1, 0.15) is 21.5 Å². The number of rotatable bonds is 9. The summed E-state index contributed by atoms with van der Waals surface area (Å²) in [6.45, 7) is 0.103. The third-order valence-electron chi connectivity index (χ3n) is 4.85. The Morgan fingerprint density at radius 2 is 1.74 bits per heavy atom. The van der Waals surface area contributed by atoms with Gasteiger partial charge in [0.1, 0.15) is 24.0 Å². The molecule has 0 fully saturated rings. The average molecular weight is 492 g/mol. The summed E-state index contributed by atoms with van der Waals surface area (Å²) in [6, 6.07) is 17.7. The number of carbonyl (C=O) groups is 2. The molecule has 35 heavy (non-hydrogen) atoms. The van der Waals surface area contributed by atoms with Gasteiger partial charge in [0.05, 0.1) is 25.2 Å². The van der Waals surface area contributed by atoms with Crippen LogP contribution in [0.15, 0.2) is 66.2 Å². The predicted molar refractivity (Wildman–Crippen MR) is 128 cm³/mol. The van der Waals surface area contributed by atoms with E-state index < -0.39 is 11.9 Å². The first-order valence-electron chi connectivity index (χ1n) is 10.2. The van der Waals surface area contributed by atoms with Gasteiger partial charge in [0.25, 0.3) is 5.91 Å². The van der Waals surface area contributed by atoms with Gasteiger partial charge in [0.2, 0.25) is 0 Å². The summed E-state index contributed by atoms with van der Waals surface area (Å²) in [4.78, 5) is 23.4. The van der Waals surface area contributed by atoms with Crippen molar-refractivity contribution >= 4 is 35.2 Å². The normalized spacial score (nSPS) is 10.7. The van der Waals surface area contributed by atoms with Crippen molar-refractivity contribution in [1.82, 2.24) is 0 Å². The van der Waals surface area contributed by atoms with Gasteiger partial charge in [0, 0.05) is 5.69 Å². The fourth-order valence-corrected chi connectivity index (χ4v) is 3.32. The van der Waals surface area contributed by atoms with E-state index in [-0.39, 0.29) is 28.5 Å². The molecule has 178 valence electrons. The molecule has 0 radical (unpaired) electrons. The van der Waals surface area contributed by atoms with Crippen LogP contribution in [0, 0.1) is 11.3 Å². The van der Waals surface area contributed by atoms with Crippen LogP contribution in [0.25, 0.3) is 6.08 Å². The SMILES string of the molecule is COc1ccc(NC(=O)C(C#N)=Cc2cc(Cl)c(OCc3ccc(C(=O)[O-])cc3)c(OC)c2)cc1. The highest BCUT2D eigenvalue weighted by Crippen LogP contribution is 2.37. The molecular weight excluding hydrogens is 472 g/mol. The zero-order valence-corrected chi connectivity index (χ0v) is 19.6. The molecule has 0 saturated carbocycles. The summed E-state index contributed by atoms with van der Waals surface area (Å²) < 4.78 is 16.2. The van der Waals surface area contributed by atoms with Crippen molar-refractivity contribution in [1.29, 1.82) is 5.26 Å². The molecule has 0 spiro atoms. The van der Waals surface area contributed by atoms with E-state index >= 15 is 0 Å². The fourth-order valence-electron chi connectivity index (χ4n) is 3.04. The highest BCUT2D eigenvalue weighted by Gasteiger charge is 2.15. The number of benzene rings is 3. The minimum Gasteiger partial charge on any atom is -0.545 e. The number of nitrogens with one attached hydrogen (secondary N) is 1. The molecule has 0 saturated heterocycles. The molecule has 0 atom stereocenters. The van der Waals surface area contributed by atoms with Gasteiger partial charge in [-0.05, 0) is 59.2 Å². The highest BCUT2D eigenvalue weighted by molar-refractivity contribution is 6.32. The molecule has 0 aliphatic heterocycles. The quantitative estimate of drug-likeness (QED) is 0.356. The van der Waals surface area contributed by atoms with Crippen molar-refractivity contribution in [2.75, 3.05) is 19.5 Å². The lowest BCUT2D eigenvalue weighted by molar-refractivity contribution is -0.255. The van der Waals surface area contributed by atoms with E-state index in [1.807, 2.05) is 6.07 Å². The van der Waals surface area contributed by atoms with Gasteiger partial charge in [-0.1, -0.05) is 35.9 Å². The molecule has 0 unspecified atom stereocenters. The molecule has 8 nitrogen and oxygen atoms in total. The second kappa shape index (κ2) is 11.6.